The van der Waals surface area contributed by atoms with Crippen molar-refractivity contribution in [3.05, 3.63) is 108 Å². The van der Waals surface area contributed by atoms with Crippen LogP contribution in [0.2, 0.25) is 5.02 Å². The average molecular weight is 365 g/mol. The Balaban J connectivity index is 1.69. The van der Waals surface area contributed by atoms with E-state index in [4.69, 9.17) is 11.6 Å². The van der Waals surface area contributed by atoms with Gasteiger partial charge in [0.25, 0.3) is 0 Å². The number of hydrogen-bond acceptors (Lipinski definition) is 0. The van der Waals surface area contributed by atoms with Crippen LogP contribution in [0.4, 0.5) is 0 Å². The highest BCUT2D eigenvalue weighted by Crippen LogP contribution is 2.36. The molecular weight excluding hydrogens is 348 g/mol. The summed E-state index contributed by atoms with van der Waals surface area (Å²) >= 11 is 6.74. The van der Waals surface area contributed by atoms with Gasteiger partial charge in [-0.2, -0.15) is 0 Å². The van der Waals surface area contributed by atoms with Crippen LogP contribution in [-0.4, -0.2) is 0 Å². The van der Waals surface area contributed by atoms with Crippen LogP contribution in [-0.2, 0) is 0 Å². The SMILES string of the molecule is Clc1cc2c(ccc3ccccc32)cc1-c1cccc(-c2ccccc2)c1. The highest BCUT2D eigenvalue weighted by molar-refractivity contribution is 6.34. The predicted molar refractivity (Wildman–Crippen MR) is 117 cm³/mol. The molecule has 0 saturated heterocycles. The van der Waals surface area contributed by atoms with Gasteiger partial charge in [0, 0.05) is 10.6 Å². The molecule has 0 bridgehead atoms. The summed E-state index contributed by atoms with van der Waals surface area (Å²) in [6.07, 6.45) is 0. The first-order valence-corrected chi connectivity index (χ1v) is 9.44. The van der Waals surface area contributed by atoms with Crippen molar-refractivity contribution >= 4 is 33.1 Å². The molecule has 27 heavy (non-hydrogen) atoms. The summed E-state index contributed by atoms with van der Waals surface area (Å²) in [4.78, 5) is 0. The van der Waals surface area contributed by atoms with Crippen LogP contribution in [0, 0.1) is 0 Å². The third-order valence-electron chi connectivity index (χ3n) is 5.11. The molecule has 0 N–H and O–H groups in total. The van der Waals surface area contributed by atoms with E-state index in [2.05, 4.69) is 97.1 Å². The molecule has 5 aromatic carbocycles. The summed E-state index contributed by atoms with van der Waals surface area (Å²) < 4.78 is 0. The first-order valence-electron chi connectivity index (χ1n) is 9.06. The summed E-state index contributed by atoms with van der Waals surface area (Å²) in [5.74, 6) is 0. The highest BCUT2D eigenvalue weighted by Gasteiger charge is 2.09. The van der Waals surface area contributed by atoms with Gasteiger partial charge in [0.05, 0.1) is 0 Å². The van der Waals surface area contributed by atoms with E-state index in [0.717, 1.165) is 16.1 Å². The minimum absolute atomic E-state index is 0.782. The second-order valence-electron chi connectivity index (χ2n) is 6.79. The smallest absolute Gasteiger partial charge is 0.0491 e. The van der Waals surface area contributed by atoms with Gasteiger partial charge in [-0.1, -0.05) is 96.5 Å². The van der Waals surface area contributed by atoms with Gasteiger partial charge in [-0.05, 0) is 56.4 Å². The maximum Gasteiger partial charge on any atom is 0.0491 e. The Morgan fingerprint density at radius 2 is 1.15 bits per heavy atom. The number of hydrogen-bond donors (Lipinski definition) is 0. The van der Waals surface area contributed by atoms with Gasteiger partial charge in [-0.3, -0.25) is 0 Å². The summed E-state index contributed by atoms with van der Waals surface area (Å²) in [5.41, 5.74) is 4.61. The van der Waals surface area contributed by atoms with Gasteiger partial charge < -0.3 is 0 Å². The first kappa shape index (κ1) is 16.1. The quantitative estimate of drug-likeness (QED) is 0.278. The molecule has 0 nitrogen and oxygen atoms in total. The lowest BCUT2D eigenvalue weighted by atomic mass is 9.95. The third-order valence-corrected chi connectivity index (χ3v) is 5.43. The Hall–Kier alpha value is -3.09. The highest BCUT2D eigenvalue weighted by atomic mass is 35.5. The molecule has 0 spiro atoms. The van der Waals surface area contributed by atoms with E-state index in [9.17, 15) is 0 Å². The van der Waals surface area contributed by atoms with Crippen LogP contribution in [0.1, 0.15) is 0 Å². The molecule has 0 amide bonds. The van der Waals surface area contributed by atoms with Crippen molar-refractivity contribution in [3.8, 4) is 22.3 Å². The summed E-state index contributed by atoms with van der Waals surface area (Å²) in [6.45, 7) is 0. The standard InChI is InChI=1S/C26H17Cl/c27-26-17-24-22(14-13-19-9-4-5-12-23(19)24)16-25(26)21-11-6-10-20(15-21)18-7-2-1-3-8-18/h1-17H. The average Bonchev–Trinajstić information content (AvgIpc) is 2.74. The van der Waals surface area contributed by atoms with E-state index in [-0.39, 0.29) is 0 Å². The van der Waals surface area contributed by atoms with Crippen molar-refractivity contribution in [1.82, 2.24) is 0 Å². The molecule has 0 aliphatic rings. The van der Waals surface area contributed by atoms with Gasteiger partial charge in [0.1, 0.15) is 0 Å². The lowest BCUT2D eigenvalue weighted by molar-refractivity contribution is 1.60. The van der Waals surface area contributed by atoms with Gasteiger partial charge in [0.15, 0.2) is 0 Å². The molecule has 0 unspecified atom stereocenters. The van der Waals surface area contributed by atoms with E-state index in [1.54, 1.807) is 0 Å². The fourth-order valence-electron chi connectivity index (χ4n) is 3.75. The molecule has 0 aliphatic carbocycles. The van der Waals surface area contributed by atoms with Crippen molar-refractivity contribution in [3.63, 3.8) is 0 Å². The second kappa shape index (κ2) is 6.57. The first-order chi connectivity index (χ1) is 13.3. The predicted octanol–water partition coefficient (Wildman–Crippen LogP) is 7.98. The molecule has 1 heteroatoms. The Labute approximate surface area is 163 Å². The van der Waals surface area contributed by atoms with Gasteiger partial charge >= 0.3 is 0 Å². The Morgan fingerprint density at radius 3 is 2.04 bits per heavy atom. The topological polar surface area (TPSA) is 0 Å². The Kier molecular flexibility index (Phi) is 3.92. The third kappa shape index (κ3) is 2.89. The van der Waals surface area contributed by atoms with E-state index in [0.29, 0.717) is 0 Å². The van der Waals surface area contributed by atoms with Gasteiger partial charge in [0.2, 0.25) is 0 Å². The molecule has 0 aliphatic heterocycles. The van der Waals surface area contributed by atoms with Crippen molar-refractivity contribution < 1.29 is 0 Å². The minimum Gasteiger partial charge on any atom is -0.0836 e. The summed E-state index contributed by atoms with van der Waals surface area (Å²) in [5, 5.41) is 5.66. The number of halogens is 1. The Morgan fingerprint density at radius 1 is 0.444 bits per heavy atom. The Bertz CT molecular complexity index is 1270. The van der Waals surface area contributed by atoms with Crippen molar-refractivity contribution in [2.45, 2.75) is 0 Å². The zero-order valence-electron chi connectivity index (χ0n) is 14.7. The zero-order chi connectivity index (χ0) is 18.2. The van der Waals surface area contributed by atoms with Crippen LogP contribution < -0.4 is 0 Å². The molecule has 0 atom stereocenters. The lowest BCUT2D eigenvalue weighted by Crippen LogP contribution is -1.85. The molecule has 5 rings (SSSR count). The van der Waals surface area contributed by atoms with Crippen LogP contribution in [0.5, 0.6) is 0 Å². The van der Waals surface area contributed by atoms with Crippen molar-refractivity contribution in [2.75, 3.05) is 0 Å². The largest absolute Gasteiger partial charge is 0.0836 e. The number of fused-ring (bicyclic) bond motifs is 3. The van der Waals surface area contributed by atoms with Crippen molar-refractivity contribution in [2.24, 2.45) is 0 Å². The number of rotatable bonds is 2. The molecule has 128 valence electrons. The van der Waals surface area contributed by atoms with Crippen LogP contribution in [0.3, 0.4) is 0 Å². The van der Waals surface area contributed by atoms with Crippen LogP contribution >= 0.6 is 11.6 Å². The second-order valence-corrected chi connectivity index (χ2v) is 7.19. The molecule has 0 saturated carbocycles. The van der Waals surface area contributed by atoms with Crippen LogP contribution in [0.15, 0.2) is 103 Å². The monoisotopic (exact) mass is 364 g/mol. The van der Waals surface area contributed by atoms with E-state index < -0.39 is 0 Å². The van der Waals surface area contributed by atoms with E-state index >= 15 is 0 Å². The van der Waals surface area contributed by atoms with Gasteiger partial charge in [-0.25, -0.2) is 0 Å². The van der Waals surface area contributed by atoms with E-state index in [1.165, 1.54) is 32.7 Å². The summed E-state index contributed by atoms with van der Waals surface area (Å²) in [6, 6.07) is 36.1. The summed E-state index contributed by atoms with van der Waals surface area (Å²) in [7, 11) is 0. The van der Waals surface area contributed by atoms with E-state index in [1.807, 2.05) is 6.07 Å². The normalized spacial score (nSPS) is 11.1. The molecule has 5 aromatic rings. The molecule has 0 radical (unpaired) electrons. The maximum atomic E-state index is 6.74. The molecule has 0 fully saturated rings. The fourth-order valence-corrected chi connectivity index (χ4v) is 4.02. The maximum absolute atomic E-state index is 6.74. The van der Waals surface area contributed by atoms with Crippen molar-refractivity contribution in [1.29, 1.82) is 0 Å². The zero-order valence-corrected chi connectivity index (χ0v) is 15.4. The molecule has 0 aromatic heterocycles. The van der Waals surface area contributed by atoms with Crippen LogP contribution in [0.25, 0.3) is 43.8 Å². The lowest BCUT2D eigenvalue weighted by Gasteiger charge is -2.11. The molecular formula is C26H17Cl. The number of benzene rings is 5. The fraction of sp³-hybridized carbons (Fsp3) is 0. The minimum atomic E-state index is 0.782. The van der Waals surface area contributed by atoms with Gasteiger partial charge in [-0.15, -0.1) is 0 Å². The molecule has 0 heterocycles.